The lowest BCUT2D eigenvalue weighted by Crippen LogP contribution is -2.39. The zero-order valence-electron chi connectivity index (χ0n) is 12.0. The molecule has 3 N–H and O–H groups in total. The van der Waals surface area contributed by atoms with Crippen LogP contribution in [0.2, 0.25) is 0 Å². The molecule has 0 aliphatic heterocycles. The van der Waals surface area contributed by atoms with Gasteiger partial charge in [-0.15, -0.1) is 0 Å². The Hall–Kier alpha value is -2.24. The summed E-state index contributed by atoms with van der Waals surface area (Å²) in [4.78, 5) is 23.2. The van der Waals surface area contributed by atoms with Crippen LogP contribution in [0.4, 0.5) is 10.5 Å². The molecule has 0 saturated heterocycles. The molecular weight excluding hydrogens is 272 g/mol. The second kappa shape index (κ2) is 6.97. The molecule has 1 aliphatic rings. The predicted octanol–water partition coefficient (Wildman–Crippen LogP) is 2.85. The molecular formula is C15H20N2O4. The molecule has 6 heteroatoms. The number of nitrogens with one attached hydrogen (secondary N) is 2. The normalized spacial score (nSPS) is 15.3. The number of carboxylic acid groups (broad SMARTS) is 1. The molecule has 0 bridgehead atoms. The number of ether oxygens (including phenoxy) is 1. The van der Waals surface area contributed by atoms with Gasteiger partial charge in [0.25, 0.3) is 0 Å². The van der Waals surface area contributed by atoms with Crippen molar-refractivity contribution in [1.29, 1.82) is 0 Å². The van der Waals surface area contributed by atoms with E-state index in [4.69, 9.17) is 4.74 Å². The van der Waals surface area contributed by atoms with E-state index in [-0.39, 0.29) is 23.3 Å². The maximum absolute atomic E-state index is 12.0. The van der Waals surface area contributed by atoms with Crippen LogP contribution < -0.4 is 15.4 Å². The minimum atomic E-state index is -1.11. The molecule has 0 unspecified atom stereocenters. The number of hydrogen-bond acceptors (Lipinski definition) is 3. The van der Waals surface area contributed by atoms with E-state index in [2.05, 4.69) is 10.6 Å². The fraction of sp³-hybridized carbons (Fsp3) is 0.467. The standard InChI is InChI=1S/C15H20N2O4/c1-21-11-7-8-13(12(9-11)14(18)19)17-15(20)16-10-5-3-2-4-6-10/h7-10H,2-6H2,1H3,(H,18,19)(H2,16,17,20). The molecule has 1 aromatic carbocycles. The number of anilines is 1. The SMILES string of the molecule is COc1ccc(NC(=O)NC2CCCCC2)c(C(=O)O)c1. The fourth-order valence-corrected chi connectivity index (χ4v) is 2.53. The molecule has 1 aliphatic carbocycles. The summed E-state index contributed by atoms with van der Waals surface area (Å²) in [5.41, 5.74) is 0.268. The van der Waals surface area contributed by atoms with Gasteiger partial charge in [-0.1, -0.05) is 19.3 Å². The van der Waals surface area contributed by atoms with Gasteiger partial charge in [0, 0.05) is 6.04 Å². The summed E-state index contributed by atoms with van der Waals surface area (Å²) in [5, 5.41) is 14.7. The van der Waals surface area contributed by atoms with Crippen LogP contribution in [0.15, 0.2) is 18.2 Å². The van der Waals surface area contributed by atoms with Crippen LogP contribution >= 0.6 is 0 Å². The van der Waals surface area contributed by atoms with Crippen molar-refractivity contribution in [1.82, 2.24) is 5.32 Å². The van der Waals surface area contributed by atoms with Gasteiger partial charge < -0.3 is 20.5 Å². The third kappa shape index (κ3) is 4.11. The van der Waals surface area contributed by atoms with E-state index in [1.54, 1.807) is 6.07 Å². The van der Waals surface area contributed by atoms with Crippen molar-refractivity contribution in [3.05, 3.63) is 23.8 Å². The summed E-state index contributed by atoms with van der Waals surface area (Å²) in [5.74, 6) is -0.674. The number of carbonyl (C=O) groups is 2. The molecule has 2 rings (SSSR count). The van der Waals surface area contributed by atoms with Crippen LogP contribution in [0.25, 0.3) is 0 Å². The van der Waals surface area contributed by atoms with Crippen molar-refractivity contribution in [3.8, 4) is 5.75 Å². The number of aromatic carboxylic acids is 1. The van der Waals surface area contributed by atoms with Gasteiger partial charge in [-0.2, -0.15) is 0 Å². The highest BCUT2D eigenvalue weighted by Crippen LogP contribution is 2.22. The van der Waals surface area contributed by atoms with E-state index in [1.807, 2.05) is 0 Å². The first kappa shape index (κ1) is 15.2. The summed E-state index contributed by atoms with van der Waals surface area (Å²) in [7, 11) is 1.46. The van der Waals surface area contributed by atoms with E-state index < -0.39 is 5.97 Å². The lowest BCUT2D eigenvalue weighted by atomic mass is 9.96. The van der Waals surface area contributed by atoms with Crippen LogP contribution in [0.5, 0.6) is 5.75 Å². The largest absolute Gasteiger partial charge is 0.497 e. The maximum atomic E-state index is 12.0. The number of benzene rings is 1. The minimum Gasteiger partial charge on any atom is -0.497 e. The lowest BCUT2D eigenvalue weighted by Gasteiger charge is -2.23. The van der Waals surface area contributed by atoms with E-state index in [1.165, 1.54) is 25.7 Å². The Morgan fingerprint density at radius 2 is 1.95 bits per heavy atom. The van der Waals surface area contributed by atoms with Gasteiger partial charge in [0.2, 0.25) is 0 Å². The van der Waals surface area contributed by atoms with E-state index in [0.717, 1.165) is 25.7 Å². The van der Waals surface area contributed by atoms with E-state index in [0.29, 0.717) is 5.75 Å². The molecule has 2 amide bonds. The Morgan fingerprint density at radius 3 is 2.57 bits per heavy atom. The second-order valence-electron chi connectivity index (χ2n) is 5.15. The van der Waals surface area contributed by atoms with Gasteiger partial charge in [0.05, 0.1) is 18.4 Å². The van der Waals surface area contributed by atoms with Gasteiger partial charge in [-0.3, -0.25) is 0 Å². The molecule has 0 aromatic heterocycles. The summed E-state index contributed by atoms with van der Waals surface area (Å²) >= 11 is 0. The first-order chi connectivity index (χ1) is 10.1. The van der Waals surface area contributed by atoms with Gasteiger partial charge in [-0.05, 0) is 31.0 Å². The topological polar surface area (TPSA) is 87.7 Å². The Balaban J connectivity index is 2.04. The van der Waals surface area contributed by atoms with Gasteiger partial charge in [0.15, 0.2) is 0 Å². The quantitative estimate of drug-likeness (QED) is 0.796. The van der Waals surface area contributed by atoms with Crippen molar-refractivity contribution in [2.24, 2.45) is 0 Å². The molecule has 0 atom stereocenters. The monoisotopic (exact) mass is 292 g/mol. The lowest BCUT2D eigenvalue weighted by molar-refractivity contribution is 0.0697. The van der Waals surface area contributed by atoms with Crippen molar-refractivity contribution in [2.75, 3.05) is 12.4 Å². The number of rotatable bonds is 4. The average molecular weight is 292 g/mol. The molecule has 21 heavy (non-hydrogen) atoms. The van der Waals surface area contributed by atoms with E-state index in [9.17, 15) is 14.7 Å². The van der Waals surface area contributed by atoms with Crippen LogP contribution in [-0.4, -0.2) is 30.3 Å². The average Bonchev–Trinajstić information content (AvgIpc) is 2.48. The zero-order chi connectivity index (χ0) is 15.2. The van der Waals surface area contributed by atoms with Crippen LogP contribution in [0, 0.1) is 0 Å². The van der Waals surface area contributed by atoms with Crippen LogP contribution in [-0.2, 0) is 0 Å². The summed E-state index contributed by atoms with van der Waals surface area (Å²) in [6, 6.07) is 4.34. The minimum absolute atomic E-state index is 0.00754. The fourth-order valence-electron chi connectivity index (χ4n) is 2.53. The Kier molecular flexibility index (Phi) is 5.03. The van der Waals surface area contributed by atoms with Crippen molar-refractivity contribution in [3.63, 3.8) is 0 Å². The Bertz CT molecular complexity index is 524. The number of carboxylic acids is 1. The Labute approximate surface area is 123 Å². The number of carbonyl (C=O) groups excluding carboxylic acids is 1. The van der Waals surface area contributed by atoms with E-state index >= 15 is 0 Å². The van der Waals surface area contributed by atoms with Crippen molar-refractivity contribution >= 4 is 17.7 Å². The van der Waals surface area contributed by atoms with Crippen molar-refractivity contribution in [2.45, 2.75) is 38.1 Å². The maximum Gasteiger partial charge on any atom is 0.337 e. The summed E-state index contributed by atoms with van der Waals surface area (Å²) in [6.07, 6.45) is 5.40. The number of urea groups is 1. The molecule has 1 fully saturated rings. The second-order valence-corrected chi connectivity index (χ2v) is 5.15. The summed E-state index contributed by atoms with van der Waals surface area (Å²) in [6.45, 7) is 0. The highest BCUT2D eigenvalue weighted by atomic mass is 16.5. The van der Waals surface area contributed by atoms with Gasteiger partial charge in [-0.25, -0.2) is 9.59 Å². The molecule has 0 spiro atoms. The highest BCUT2D eigenvalue weighted by Gasteiger charge is 2.18. The smallest absolute Gasteiger partial charge is 0.337 e. The summed E-state index contributed by atoms with van der Waals surface area (Å²) < 4.78 is 4.99. The molecule has 114 valence electrons. The molecule has 0 radical (unpaired) electrons. The molecule has 6 nitrogen and oxygen atoms in total. The van der Waals surface area contributed by atoms with Crippen LogP contribution in [0.3, 0.4) is 0 Å². The number of hydrogen-bond donors (Lipinski definition) is 3. The molecule has 1 aromatic rings. The first-order valence-electron chi connectivity index (χ1n) is 7.09. The number of amides is 2. The van der Waals surface area contributed by atoms with Gasteiger partial charge >= 0.3 is 12.0 Å². The predicted molar refractivity (Wildman–Crippen MR) is 79.0 cm³/mol. The van der Waals surface area contributed by atoms with Crippen molar-refractivity contribution < 1.29 is 19.4 Å². The van der Waals surface area contributed by atoms with Crippen LogP contribution in [0.1, 0.15) is 42.5 Å². The highest BCUT2D eigenvalue weighted by molar-refractivity contribution is 6.00. The molecule has 1 saturated carbocycles. The third-order valence-electron chi connectivity index (χ3n) is 3.65. The number of methoxy groups -OCH3 is 1. The van der Waals surface area contributed by atoms with Gasteiger partial charge in [0.1, 0.15) is 5.75 Å². The zero-order valence-corrected chi connectivity index (χ0v) is 12.0. The molecule has 0 heterocycles. The third-order valence-corrected chi connectivity index (χ3v) is 3.65. The Morgan fingerprint density at radius 1 is 1.24 bits per heavy atom. The first-order valence-corrected chi connectivity index (χ1v) is 7.09.